The van der Waals surface area contributed by atoms with Gasteiger partial charge in [-0.25, -0.2) is 13.1 Å². The maximum absolute atomic E-state index is 12.7. The lowest BCUT2D eigenvalue weighted by atomic mass is 10.1. The molecule has 1 saturated heterocycles. The number of amides is 1. The summed E-state index contributed by atoms with van der Waals surface area (Å²) in [4.78, 5) is 13.9. The fourth-order valence-corrected chi connectivity index (χ4v) is 4.79. The molecule has 2 aromatic rings. The minimum absolute atomic E-state index is 0.0926. The van der Waals surface area contributed by atoms with Gasteiger partial charge in [0.25, 0.3) is 0 Å². The van der Waals surface area contributed by atoms with Gasteiger partial charge in [0.05, 0.1) is 11.5 Å². The highest BCUT2D eigenvalue weighted by molar-refractivity contribution is 7.89. The second-order valence-electron chi connectivity index (χ2n) is 7.55. The normalized spacial score (nSPS) is 14.3. The largest absolute Gasteiger partial charge is 0.493 e. The second kappa shape index (κ2) is 10.1. The van der Waals surface area contributed by atoms with Gasteiger partial charge in [-0.15, -0.1) is 0 Å². The van der Waals surface area contributed by atoms with E-state index in [9.17, 15) is 13.2 Å². The van der Waals surface area contributed by atoms with Crippen LogP contribution >= 0.6 is 0 Å². The van der Waals surface area contributed by atoms with Crippen molar-refractivity contribution in [2.75, 3.05) is 24.6 Å². The van der Waals surface area contributed by atoms with Crippen molar-refractivity contribution in [1.29, 1.82) is 0 Å². The van der Waals surface area contributed by atoms with E-state index in [2.05, 4.69) is 11.6 Å². The number of benzene rings is 2. The van der Waals surface area contributed by atoms with E-state index in [0.717, 1.165) is 41.8 Å². The molecule has 162 valence electrons. The lowest BCUT2D eigenvalue weighted by Gasteiger charge is -2.19. The standard InChI is InChI=1S/C23H30N2O4S/c1-3-16-29-22-10-5-4-8-19(22)9-6-14-24-30(27,28)20-12-13-21(18(2)17-20)25-15-7-11-23(25)26/h4-5,8,10,12-13,17,24H,3,6-7,9,11,14-16H2,1-2H3. The zero-order valence-electron chi connectivity index (χ0n) is 17.7. The summed E-state index contributed by atoms with van der Waals surface area (Å²) in [6, 6.07) is 12.8. The van der Waals surface area contributed by atoms with E-state index in [1.54, 1.807) is 23.1 Å². The third-order valence-electron chi connectivity index (χ3n) is 5.19. The van der Waals surface area contributed by atoms with Gasteiger partial charge in [-0.3, -0.25) is 4.79 Å². The molecule has 1 aliphatic heterocycles. The average molecular weight is 431 g/mol. The van der Waals surface area contributed by atoms with Crippen molar-refractivity contribution in [2.45, 2.75) is 50.8 Å². The van der Waals surface area contributed by atoms with Gasteiger partial charge in [-0.1, -0.05) is 25.1 Å². The fourth-order valence-electron chi connectivity index (χ4n) is 3.63. The molecule has 1 aliphatic rings. The number of ether oxygens (including phenoxy) is 1. The zero-order chi connectivity index (χ0) is 21.6. The van der Waals surface area contributed by atoms with E-state index < -0.39 is 10.0 Å². The highest BCUT2D eigenvalue weighted by Crippen LogP contribution is 2.27. The van der Waals surface area contributed by atoms with E-state index in [0.29, 0.717) is 32.5 Å². The summed E-state index contributed by atoms with van der Waals surface area (Å²) < 4.78 is 33.8. The lowest BCUT2D eigenvalue weighted by Crippen LogP contribution is -2.26. The number of carbonyl (C=O) groups excluding carboxylic acids is 1. The van der Waals surface area contributed by atoms with Crippen LogP contribution in [0, 0.1) is 6.92 Å². The van der Waals surface area contributed by atoms with Crippen LogP contribution in [0.1, 0.15) is 43.7 Å². The number of para-hydroxylation sites is 1. The van der Waals surface area contributed by atoms with Crippen molar-refractivity contribution in [1.82, 2.24) is 4.72 Å². The maximum Gasteiger partial charge on any atom is 0.240 e. The van der Waals surface area contributed by atoms with Gasteiger partial charge in [-0.2, -0.15) is 0 Å². The molecule has 1 amide bonds. The summed E-state index contributed by atoms with van der Waals surface area (Å²) in [5.41, 5.74) is 2.66. The molecule has 1 fully saturated rings. The molecule has 0 atom stereocenters. The Morgan fingerprint density at radius 2 is 1.97 bits per heavy atom. The van der Waals surface area contributed by atoms with Gasteiger partial charge in [-0.05, 0) is 68.0 Å². The Kier molecular flexibility index (Phi) is 7.50. The van der Waals surface area contributed by atoms with Crippen LogP contribution in [0.15, 0.2) is 47.4 Å². The molecule has 0 bridgehead atoms. The van der Waals surface area contributed by atoms with Crippen molar-refractivity contribution in [3.05, 3.63) is 53.6 Å². The van der Waals surface area contributed by atoms with Crippen LogP contribution in [-0.2, 0) is 21.2 Å². The van der Waals surface area contributed by atoms with E-state index in [1.165, 1.54) is 0 Å². The smallest absolute Gasteiger partial charge is 0.240 e. The Balaban J connectivity index is 1.58. The van der Waals surface area contributed by atoms with E-state index >= 15 is 0 Å². The van der Waals surface area contributed by atoms with Crippen molar-refractivity contribution >= 4 is 21.6 Å². The first kappa shape index (κ1) is 22.3. The molecule has 1 heterocycles. The monoisotopic (exact) mass is 430 g/mol. The Hall–Kier alpha value is -2.38. The number of carbonyl (C=O) groups is 1. The third kappa shape index (κ3) is 5.40. The first-order valence-electron chi connectivity index (χ1n) is 10.5. The molecular formula is C23H30N2O4S. The van der Waals surface area contributed by atoms with Crippen molar-refractivity contribution in [3.8, 4) is 5.75 Å². The predicted octanol–water partition coefficient (Wildman–Crippen LogP) is 3.82. The van der Waals surface area contributed by atoms with Gasteiger partial charge >= 0.3 is 0 Å². The average Bonchev–Trinajstić information content (AvgIpc) is 3.16. The molecule has 1 N–H and O–H groups in total. The van der Waals surface area contributed by atoms with E-state index in [-0.39, 0.29) is 10.8 Å². The summed E-state index contributed by atoms with van der Waals surface area (Å²) in [5.74, 6) is 0.958. The van der Waals surface area contributed by atoms with Gasteiger partial charge in [0.15, 0.2) is 0 Å². The summed E-state index contributed by atoms with van der Waals surface area (Å²) in [6.07, 6.45) is 3.74. The van der Waals surface area contributed by atoms with Crippen LogP contribution in [-0.4, -0.2) is 34.0 Å². The van der Waals surface area contributed by atoms with Crippen LogP contribution in [0.2, 0.25) is 0 Å². The number of hydrogen-bond acceptors (Lipinski definition) is 4. The topological polar surface area (TPSA) is 75.7 Å². The van der Waals surface area contributed by atoms with Crippen molar-refractivity contribution in [2.24, 2.45) is 0 Å². The quantitative estimate of drug-likeness (QED) is 0.582. The Morgan fingerprint density at radius 1 is 1.17 bits per heavy atom. The number of rotatable bonds is 10. The van der Waals surface area contributed by atoms with Crippen LogP contribution in [0.5, 0.6) is 5.75 Å². The van der Waals surface area contributed by atoms with Crippen LogP contribution in [0.25, 0.3) is 0 Å². The minimum Gasteiger partial charge on any atom is -0.493 e. The summed E-state index contributed by atoms with van der Waals surface area (Å²) >= 11 is 0. The molecule has 30 heavy (non-hydrogen) atoms. The zero-order valence-corrected chi connectivity index (χ0v) is 18.5. The molecule has 3 rings (SSSR count). The predicted molar refractivity (Wildman–Crippen MR) is 119 cm³/mol. The van der Waals surface area contributed by atoms with Crippen molar-refractivity contribution in [3.63, 3.8) is 0 Å². The SMILES string of the molecule is CCCOc1ccccc1CCCNS(=O)(=O)c1ccc(N2CCCC2=O)c(C)c1. The number of sulfonamides is 1. The summed E-state index contributed by atoms with van der Waals surface area (Å²) in [7, 11) is -3.60. The Morgan fingerprint density at radius 3 is 2.67 bits per heavy atom. The molecule has 0 radical (unpaired) electrons. The number of aryl methyl sites for hydroxylation is 2. The van der Waals surface area contributed by atoms with Crippen molar-refractivity contribution < 1.29 is 17.9 Å². The van der Waals surface area contributed by atoms with Crippen LogP contribution in [0.3, 0.4) is 0 Å². The first-order chi connectivity index (χ1) is 14.4. The number of nitrogens with one attached hydrogen (secondary N) is 1. The minimum atomic E-state index is -3.60. The summed E-state index contributed by atoms with van der Waals surface area (Å²) in [5, 5.41) is 0. The Bertz CT molecular complexity index is 988. The molecule has 0 saturated carbocycles. The van der Waals surface area contributed by atoms with E-state index in [1.807, 2.05) is 31.2 Å². The van der Waals surface area contributed by atoms with E-state index in [4.69, 9.17) is 4.74 Å². The number of hydrogen-bond donors (Lipinski definition) is 1. The molecule has 7 heteroatoms. The van der Waals surface area contributed by atoms with Crippen LogP contribution in [0.4, 0.5) is 5.69 Å². The lowest BCUT2D eigenvalue weighted by molar-refractivity contribution is -0.117. The number of nitrogens with zero attached hydrogens (tertiary/aromatic N) is 1. The highest BCUT2D eigenvalue weighted by Gasteiger charge is 2.24. The van der Waals surface area contributed by atoms with Gasteiger partial charge in [0, 0.05) is 25.2 Å². The maximum atomic E-state index is 12.7. The third-order valence-corrected chi connectivity index (χ3v) is 6.65. The molecule has 0 unspecified atom stereocenters. The van der Waals surface area contributed by atoms with Gasteiger partial charge in [0.1, 0.15) is 5.75 Å². The molecule has 0 spiro atoms. The molecule has 2 aromatic carbocycles. The first-order valence-corrected chi connectivity index (χ1v) is 12.0. The number of anilines is 1. The highest BCUT2D eigenvalue weighted by atomic mass is 32.2. The van der Waals surface area contributed by atoms with Crippen LogP contribution < -0.4 is 14.4 Å². The fraction of sp³-hybridized carbons (Fsp3) is 0.435. The molecule has 6 nitrogen and oxygen atoms in total. The molecular weight excluding hydrogens is 400 g/mol. The van der Waals surface area contributed by atoms with Gasteiger partial charge in [0.2, 0.25) is 15.9 Å². The summed E-state index contributed by atoms with van der Waals surface area (Å²) in [6.45, 7) is 5.60. The second-order valence-corrected chi connectivity index (χ2v) is 9.32. The molecule has 0 aromatic heterocycles. The molecule has 0 aliphatic carbocycles. The Labute approximate surface area is 179 Å². The van der Waals surface area contributed by atoms with Gasteiger partial charge < -0.3 is 9.64 Å².